The predicted molar refractivity (Wildman–Crippen MR) is 14.0 cm³/mol. The molecule has 0 rings (SSSR count). The van der Waals surface area contributed by atoms with Crippen LogP contribution in [0.3, 0.4) is 0 Å². The Hall–Kier alpha value is 0.647. The van der Waals surface area contributed by atoms with Gasteiger partial charge < -0.3 is 5.11 Å². The summed E-state index contributed by atoms with van der Waals surface area (Å²) in [4.78, 5) is 9.00. The topological polar surface area (TPSA) is 54.4 Å². The van der Waals surface area contributed by atoms with Crippen molar-refractivity contribution in [3.8, 4) is 0 Å². The molecule has 0 atom stereocenters. The molecular weight excluding hydrogens is 212 g/mol. The van der Waals surface area contributed by atoms with Crippen LogP contribution in [0, 0.1) is 39.8 Å². The van der Waals surface area contributed by atoms with E-state index in [0.29, 0.717) is 0 Å². The fourth-order valence-electron chi connectivity index (χ4n) is 0. The van der Waals surface area contributed by atoms with Crippen LogP contribution in [0.5, 0.6) is 0 Å². The summed E-state index contributed by atoms with van der Waals surface area (Å²) >= 11 is 0.0556. The molecule has 0 fully saturated rings. The van der Waals surface area contributed by atoms with Crippen LogP contribution < -0.4 is 0 Å². The molecule has 34 valence electrons. The molecule has 0 radical (unpaired) electrons. The summed E-state index contributed by atoms with van der Waals surface area (Å²) in [7, 11) is 0. The second-order valence-corrected chi connectivity index (χ2v) is 0.519. The molecule has 0 amide bonds. The Morgan fingerprint density at radius 2 is 1.67 bits per heavy atom. The third-order valence-corrected chi connectivity index (χ3v) is 0. The average Bonchev–Trinajstić information content (AvgIpc) is 1.41. The van der Waals surface area contributed by atoms with Gasteiger partial charge in [0.05, 0.1) is 0 Å². The first-order valence-corrected chi connectivity index (χ1v) is 2.41. The molecule has 0 bridgehead atoms. The van der Waals surface area contributed by atoms with E-state index in [2.05, 4.69) is 0 Å². The first-order valence-electron chi connectivity index (χ1n) is 1.13. The van der Waals surface area contributed by atoms with Gasteiger partial charge >= 0.3 is 40.7 Å². The molecule has 0 unspecified atom stereocenters. The van der Waals surface area contributed by atoms with E-state index in [1.165, 1.54) is 0 Å². The molecule has 0 aliphatic carbocycles. The van der Waals surface area contributed by atoms with Gasteiger partial charge in [-0.3, -0.25) is 4.79 Å². The van der Waals surface area contributed by atoms with Gasteiger partial charge in [0.15, 0.2) is 0 Å². The monoisotopic (exact) mass is 216 g/mol. The van der Waals surface area contributed by atoms with Crippen LogP contribution in [-0.2, 0) is 5.73 Å². The normalized spacial score (nSPS) is 4.67. The van der Waals surface area contributed by atoms with Crippen LogP contribution in [0.4, 0.5) is 0 Å². The third-order valence-electron chi connectivity index (χ3n) is 0. The van der Waals surface area contributed by atoms with Crippen molar-refractivity contribution in [2.24, 2.45) is 0 Å². The van der Waals surface area contributed by atoms with E-state index in [1.54, 1.807) is 0 Å². The molecule has 0 aliphatic rings. The molecule has 4 heteroatoms. The molecular formula is C2H4CeO3. The summed E-state index contributed by atoms with van der Waals surface area (Å²) < 4.78 is 8.39. The zero-order chi connectivity index (χ0) is 5.58. The average molecular weight is 216 g/mol. The van der Waals surface area contributed by atoms with Crippen molar-refractivity contribution in [2.45, 2.75) is 6.92 Å². The first-order chi connectivity index (χ1) is 2.73. The summed E-state index contributed by atoms with van der Waals surface area (Å²) in [6.07, 6.45) is 0. The van der Waals surface area contributed by atoms with Crippen molar-refractivity contribution in [1.29, 1.82) is 0 Å². The molecule has 1 N–H and O–H groups in total. The van der Waals surface area contributed by atoms with Crippen molar-refractivity contribution in [1.82, 2.24) is 0 Å². The second-order valence-electron chi connectivity index (χ2n) is 0.519. The summed E-state index contributed by atoms with van der Waals surface area (Å²) in [5, 5.41) is 7.42. The molecule has 3 nitrogen and oxygen atoms in total. The van der Waals surface area contributed by atoms with Crippen molar-refractivity contribution in [3.05, 3.63) is 0 Å². The van der Waals surface area contributed by atoms with Crippen LogP contribution in [0.25, 0.3) is 0 Å². The quantitative estimate of drug-likeness (QED) is 0.618. The number of rotatable bonds is 0. The van der Waals surface area contributed by atoms with Gasteiger partial charge in [-0.25, -0.2) is 0 Å². The van der Waals surface area contributed by atoms with Crippen LogP contribution in [-0.4, -0.2) is 11.1 Å². The Labute approximate surface area is 62.9 Å². The molecule has 0 aromatic heterocycles. The van der Waals surface area contributed by atoms with Gasteiger partial charge in [0, 0.05) is 6.92 Å². The number of carboxylic acid groups (broad SMARTS) is 1. The number of hydrogen-bond acceptors (Lipinski definition) is 2. The standard InChI is InChI=1S/C2H4O2.Ce.O/c1-2(3)4;;/h1H3,(H,3,4);;. The van der Waals surface area contributed by atoms with E-state index in [1.807, 2.05) is 0 Å². The first kappa shape index (κ1) is 9.82. The fraction of sp³-hybridized carbons (Fsp3) is 0.500. The van der Waals surface area contributed by atoms with E-state index >= 15 is 0 Å². The molecule has 6 heavy (non-hydrogen) atoms. The van der Waals surface area contributed by atoms with E-state index in [4.69, 9.17) is 10.8 Å². The Kier molecular flexibility index (Phi) is 15.0. The summed E-state index contributed by atoms with van der Waals surface area (Å²) in [6, 6.07) is 0. The maximum atomic E-state index is 9.00. The van der Waals surface area contributed by atoms with E-state index in [9.17, 15) is 0 Å². The number of aliphatic carboxylic acids is 1. The van der Waals surface area contributed by atoms with Crippen LogP contribution in [0.2, 0.25) is 0 Å². The van der Waals surface area contributed by atoms with Gasteiger partial charge in [-0.15, -0.1) is 0 Å². The minimum absolute atomic E-state index is 0.0556. The zero-order valence-corrected chi connectivity index (χ0v) is 6.40. The molecule has 0 aromatic rings. The molecule has 0 heterocycles. The molecule has 0 aromatic carbocycles. The minimum atomic E-state index is -0.833. The predicted octanol–water partition coefficient (Wildman–Crippen LogP) is -0.0279. The van der Waals surface area contributed by atoms with E-state index < -0.39 is 5.97 Å². The number of hydrogen-bond donors (Lipinski definition) is 1. The van der Waals surface area contributed by atoms with E-state index in [-0.39, 0.29) is 39.8 Å². The third kappa shape index (κ3) is 148. The molecule has 0 saturated heterocycles. The zero-order valence-electron chi connectivity index (χ0n) is 3.26. The van der Waals surface area contributed by atoms with Crippen molar-refractivity contribution < 1.29 is 50.6 Å². The Balaban J connectivity index is 0. The van der Waals surface area contributed by atoms with Crippen molar-refractivity contribution in [3.63, 3.8) is 0 Å². The van der Waals surface area contributed by atoms with Crippen molar-refractivity contribution in [2.75, 3.05) is 0 Å². The molecule has 0 saturated carbocycles. The van der Waals surface area contributed by atoms with Gasteiger partial charge in [0.1, 0.15) is 0 Å². The Morgan fingerprint density at radius 3 is 1.67 bits per heavy atom. The van der Waals surface area contributed by atoms with Gasteiger partial charge in [0.2, 0.25) is 0 Å². The van der Waals surface area contributed by atoms with Crippen LogP contribution in [0.15, 0.2) is 0 Å². The summed E-state index contributed by atoms with van der Waals surface area (Å²) in [6.45, 7) is 1.08. The summed E-state index contributed by atoms with van der Waals surface area (Å²) in [5.74, 6) is -0.833. The summed E-state index contributed by atoms with van der Waals surface area (Å²) in [5.41, 5.74) is 0. The molecule has 0 aliphatic heterocycles. The number of carboxylic acids is 1. The second kappa shape index (κ2) is 9.17. The van der Waals surface area contributed by atoms with Crippen LogP contribution >= 0.6 is 0 Å². The van der Waals surface area contributed by atoms with Gasteiger partial charge in [-0.1, -0.05) is 0 Å². The van der Waals surface area contributed by atoms with Gasteiger partial charge in [0.25, 0.3) is 5.97 Å². The SMILES string of the molecule is CC(=O)O.[O]=[Ce]. The van der Waals surface area contributed by atoms with Crippen LogP contribution in [0.1, 0.15) is 6.92 Å². The van der Waals surface area contributed by atoms with Crippen molar-refractivity contribution >= 4 is 5.97 Å². The maximum absolute atomic E-state index is 9.00. The number of carbonyl (C=O) groups is 1. The fourth-order valence-corrected chi connectivity index (χ4v) is 0. The van der Waals surface area contributed by atoms with Gasteiger partial charge in [-0.05, 0) is 0 Å². The molecule has 0 spiro atoms. The van der Waals surface area contributed by atoms with Gasteiger partial charge in [-0.2, -0.15) is 0 Å². The Bertz CT molecular complexity index is 40.1. The Morgan fingerprint density at radius 1 is 1.67 bits per heavy atom. The van der Waals surface area contributed by atoms with E-state index in [0.717, 1.165) is 6.92 Å².